The zero-order chi connectivity index (χ0) is 13.7. The van der Waals surface area contributed by atoms with E-state index in [4.69, 9.17) is 5.73 Å². The minimum absolute atomic E-state index is 0.345. The normalized spacial score (nSPS) is 17.4. The van der Waals surface area contributed by atoms with E-state index in [1.165, 1.54) is 7.11 Å². The Balaban J connectivity index is 1.88. The van der Waals surface area contributed by atoms with Crippen LogP contribution in [0.4, 0.5) is 0 Å². The molecule has 0 atom stereocenters. The maximum atomic E-state index is 11.3. The average Bonchev–Trinajstić information content (AvgIpc) is 2.48. The monoisotopic (exact) mass is 263 g/mol. The Labute approximate surface area is 113 Å². The highest BCUT2D eigenvalue weighted by Gasteiger charge is 2.18. The SMILES string of the molecule is COC(=O)c1ccc(CN2CCC(CN)CC2)nc1. The lowest BCUT2D eigenvalue weighted by Gasteiger charge is -2.30. The van der Waals surface area contributed by atoms with Crippen LogP contribution in [-0.4, -0.2) is 42.6 Å². The summed E-state index contributed by atoms with van der Waals surface area (Å²) in [5.41, 5.74) is 7.16. The minimum Gasteiger partial charge on any atom is -0.465 e. The Morgan fingerprint density at radius 3 is 2.74 bits per heavy atom. The van der Waals surface area contributed by atoms with Crippen molar-refractivity contribution in [3.63, 3.8) is 0 Å². The van der Waals surface area contributed by atoms with E-state index in [0.29, 0.717) is 11.5 Å². The van der Waals surface area contributed by atoms with Crippen LogP contribution in [0.15, 0.2) is 18.3 Å². The number of pyridine rings is 1. The molecule has 1 aromatic rings. The summed E-state index contributed by atoms with van der Waals surface area (Å²) in [5, 5.41) is 0. The lowest BCUT2D eigenvalue weighted by atomic mass is 9.97. The second-order valence-corrected chi connectivity index (χ2v) is 4.99. The lowest BCUT2D eigenvalue weighted by Crippen LogP contribution is -2.35. The molecule has 0 aliphatic carbocycles. The first-order valence-electron chi connectivity index (χ1n) is 6.68. The molecule has 19 heavy (non-hydrogen) atoms. The molecule has 0 bridgehead atoms. The first kappa shape index (κ1) is 14.0. The van der Waals surface area contributed by atoms with E-state index in [-0.39, 0.29) is 5.97 Å². The number of esters is 1. The molecule has 1 aromatic heterocycles. The number of aromatic nitrogens is 1. The van der Waals surface area contributed by atoms with E-state index < -0.39 is 0 Å². The molecule has 2 rings (SSSR count). The number of ether oxygens (including phenoxy) is 1. The van der Waals surface area contributed by atoms with Crippen molar-refractivity contribution < 1.29 is 9.53 Å². The molecular weight excluding hydrogens is 242 g/mol. The van der Waals surface area contributed by atoms with E-state index >= 15 is 0 Å². The van der Waals surface area contributed by atoms with Gasteiger partial charge in [0.15, 0.2) is 0 Å². The number of likely N-dealkylation sites (tertiary alicyclic amines) is 1. The van der Waals surface area contributed by atoms with E-state index in [2.05, 4.69) is 14.6 Å². The highest BCUT2D eigenvalue weighted by atomic mass is 16.5. The average molecular weight is 263 g/mol. The van der Waals surface area contributed by atoms with Crippen LogP contribution in [0.5, 0.6) is 0 Å². The number of rotatable bonds is 4. The molecule has 0 aromatic carbocycles. The van der Waals surface area contributed by atoms with Gasteiger partial charge in [-0.25, -0.2) is 4.79 Å². The first-order valence-corrected chi connectivity index (χ1v) is 6.68. The topological polar surface area (TPSA) is 68.5 Å². The third-order valence-electron chi connectivity index (χ3n) is 3.67. The molecule has 104 valence electrons. The van der Waals surface area contributed by atoms with Crippen molar-refractivity contribution in [2.24, 2.45) is 11.7 Å². The molecule has 1 aliphatic rings. The molecule has 0 radical (unpaired) electrons. The molecule has 5 nitrogen and oxygen atoms in total. The van der Waals surface area contributed by atoms with Crippen LogP contribution in [0.2, 0.25) is 0 Å². The zero-order valence-corrected chi connectivity index (χ0v) is 11.3. The van der Waals surface area contributed by atoms with Crippen molar-refractivity contribution in [3.05, 3.63) is 29.6 Å². The standard InChI is InChI=1S/C14H21N3O2/c1-19-14(18)12-2-3-13(16-9-12)10-17-6-4-11(8-15)5-7-17/h2-3,9,11H,4-8,10,15H2,1H3. The molecule has 0 spiro atoms. The van der Waals surface area contributed by atoms with Crippen molar-refractivity contribution in [1.29, 1.82) is 0 Å². The summed E-state index contributed by atoms with van der Waals surface area (Å²) >= 11 is 0. The second-order valence-electron chi connectivity index (χ2n) is 4.99. The van der Waals surface area contributed by atoms with Crippen molar-refractivity contribution in [3.8, 4) is 0 Å². The first-order chi connectivity index (χ1) is 9.22. The van der Waals surface area contributed by atoms with Crippen LogP contribution < -0.4 is 5.73 Å². The Kier molecular flexibility index (Phi) is 4.87. The van der Waals surface area contributed by atoms with Gasteiger partial charge in [0, 0.05) is 12.7 Å². The van der Waals surface area contributed by atoms with Crippen molar-refractivity contribution in [1.82, 2.24) is 9.88 Å². The second kappa shape index (κ2) is 6.63. The van der Waals surface area contributed by atoms with E-state index in [1.807, 2.05) is 6.07 Å². The smallest absolute Gasteiger partial charge is 0.339 e. The molecule has 0 unspecified atom stereocenters. The molecule has 0 saturated carbocycles. The number of carbonyl (C=O) groups excluding carboxylic acids is 1. The fraction of sp³-hybridized carbons (Fsp3) is 0.571. The summed E-state index contributed by atoms with van der Waals surface area (Å²) in [6.45, 7) is 3.77. The van der Waals surface area contributed by atoms with Gasteiger partial charge in [-0.2, -0.15) is 0 Å². The molecule has 2 N–H and O–H groups in total. The van der Waals surface area contributed by atoms with E-state index in [1.54, 1.807) is 12.3 Å². The predicted molar refractivity (Wildman–Crippen MR) is 72.6 cm³/mol. The summed E-state index contributed by atoms with van der Waals surface area (Å²) in [4.78, 5) is 18.0. The van der Waals surface area contributed by atoms with Crippen LogP contribution in [-0.2, 0) is 11.3 Å². The summed E-state index contributed by atoms with van der Waals surface area (Å²) in [6.07, 6.45) is 3.90. The predicted octanol–water partition coefficient (Wildman–Crippen LogP) is 1.04. The van der Waals surface area contributed by atoms with Crippen molar-refractivity contribution in [2.75, 3.05) is 26.7 Å². The van der Waals surface area contributed by atoms with Crippen LogP contribution >= 0.6 is 0 Å². The molecule has 1 aliphatic heterocycles. The molecule has 1 fully saturated rings. The largest absolute Gasteiger partial charge is 0.465 e. The maximum absolute atomic E-state index is 11.3. The summed E-state index contributed by atoms with van der Waals surface area (Å²) in [5.74, 6) is 0.328. The Bertz CT molecular complexity index is 411. The number of carbonyl (C=O) groups is 1. The zero-order valence-electron chi connectivity index (χ0n) is 11.3. The highest BCUT2D eigenvalue weighted by molar-refractivity contribution is 5.88. The van der Waals surface area contributed by atoms with E-state index in [9.17, 15) is 4.79 Å². The fourth-order valence-corrected chi connectivity index (χ4v) is 2.37. The van der Waals surface area contributed by atoms with Gasteiger partial charge >= 0.3 is 5.97 Å². The molecule has 5 heteroatoms. The van der Waals surface area contributed by atoms with Crippen molar-refractivity contribution in [2.45, 2.75) is 19.4 Å². The Morgan fingerprint density at radius 1 is 1.47 bits per heavy atom. The molecule has 2 heterocycles. The third-order valence-corrected chi connectivity index (χ3v) is 3.67. The quantitative estimate of drug-likeness (QED) is 0.822. The summed E-state index contributed by atoms with van der Waals surface area (Å²) < 4.78 is 4.65. The van der Waals surface area contributed by atoms with Crippen LogP contribution in [0.3, 0.4) is 0 Å². The van der Waals surface area contributed by atoms with Gasteiger partial charge in [0.2, 0.25) is 0 Å². The Morgan fingerprint density at radius 2 is 2.21 bits per heavy atom. The van der Waals surface area contributed by atoms with Gasteiger partial charge in [0.05, 0.1) is 18.4 Å². The number of nitrogens with two attached hydrogens (primary N) is 1. The van der Waals surface area contributed by atoms with Crippen LogP contribution in [0, 0.1) is 5.92 Å². The minimum atomic E-state index is -0.345. The van der Waals surface area contributed by atoms with Crippen LogP contribution in [0.1, 0.15) is 28.9 Å². The molecule has 1 saturated heterocycles. The summed E-state index contributed by atoms with van der Waals surface area (Å²) in [6, 6.07) is 3.65. The summed E-state index contributed by atoms with van der Waals surface area (Å²) in [7, 11) is 1.37. The van der Waals surface area contributed by atoms with Gasteiger partial charge in [0.25, 0.3) is 0 Å². The van der Waals surface area contributed by atoms with E-state index in [0.717, 1.165) is 44.7 Å². The molecular formula is C14H21N3O2. The lowest BCUT2D eigenvalue weighted by molar-refractivity contribution is 0.0600. The Hall–Kier alpha value is -1.46. The van der Waals surface area contributed by atoms with Gasteiger partial charge in [-0.3, -0.25) is 9.88 Å². The fourth-order valence-electron chi connectivity index (χ4n) is 2.37. The van der Waals surface area contributed by atoms with Crippen molar-refractivity contribution >= 4 is 5.97 Å². The molecule has 0 amide bonds. The van der Waals surface area contributed by atoms with Gasteiger partial charge < -0.3 is 10.5 Å². The number of nitrogens with zero attached hydrogens (tertiary/aromatic N) is 2. The van der Waals surface area contributed by atoms with Gasteiger partial charge in [-0.05, 0) is 50.5 Å². The van der Waals surface area contributed by atoms with Gasteiger partial charge in [-0.1, -0.05) is 0 Å². The van der Waals surface area contributed by atoms with Crippen LogP contribution in [0.25, 0.3) is 0 Å². The number of methoxy groups -OCH3 is 1. The number of hydrogen-bond acceptors (Lipinski definition) is 5. The highest BCUT2D eigenvalue weighted by Crippen LogP contribution is 2.17. The number of piperidine rings is 1. The van der Waals surface area contributed by atoms with Gasteiger partial charge in [0.1, 0.15) is 0 Å². The third kappa shape index (κ3) is 3.75. The maximum Gasteiger partial charge on any atom is 0.339 e. The number of hydrogen-bond donors (Lipinski definition) is 1. The van der Waals surface area contributed by atoms with Gasteiger partial charge in [-0.15, -0.1) is 0 Å².